The number of aliphatic hydroxyl groups is 4. The lowest BCUT2D eigenvalue weighted by Gasteiger charge is -2.40. The SMILES string of the molecule is CCCC[C@H]1C(O)N[C@@H](CCCNC(=N)N)C(=O)N[C@H](C(=O)NCC(N)=O)CSCC(=O)N[C@@H](Cc2ccc(N=C(N)N)cc2)C(=O)N(C)[C@@H](C)C(=O)N[C@@H](CC(N)=O)C(=O)N2CCC[C@H]2C(=O)N[C@@H](CN)C(=O)N[C@@H](CC(C)C)C(=O)N2C[C@H](O)CC2C(=O)N[C@@H](Cc2c[nH]c3ccccc23)C(=O)N[C@@H](CO)C(=O)N[C@@H](Cc2c[nH]c3ccccc23)C(O)N(C)[C@@H](CCCC)C(=O)N1C. The molecular formula is C89H134N26O19S. The number of nitrogens with zero attached hydrogens (tertiary/aromatic N) is 6. The summed E-state index contributed by atoms with van der Waals surface area (Å²) >= 11 is 0.783. The Balaban J connectivity index is 1.19. The van der Waals surface area contributed by atoms with E-state index in [-0.39, 0.29) is 95.6 Å². The number of unbranched alkanes of at least 4 members (excludes halogenated alkanes) is 2. The molecule has 3 fully saturated rings. The molecule has 3 aromatic carbocycles. The second-order valence-corrected chi connectivity index (χ2v) is 35.8. The number of benzene rings is 3. The van der Waals surface area contributed by atoms with Crippen LogP contribution in [0.25, 0.3) is 21.8 Å². The van der Waals surface area contributed by atoms with Gasteiger partial charge < -0.3 is 138 Å². The molecule has 3 saturated heterocycles. The van der Waals surface area contributed by atoms with Gasteiger partial charge in [-0.3, -0.25) is 87.5 Å². The van der Waals surface area contributed by atoms with Crippen molar-refractivity contribution >= 4 is 140 Å². The molecule has 3 aliphatic heterocycles. The van der Waals surface area contributed by atoms with Crippen molar-refractivity contribution in [3.63, 3.8) is 0 Å². The van der Waals surface area contributed by atoms with Crippen molar-refractivity contribution < 1.29 is 92.3 Å². The molecule has 45 nitrogen and oxygen atoms in total. The van der Waals surface area contributed by atoms with Gasteiger partial charge in [0.2, 0.25) is 88.6 Å². The number of H-pyrrole nitrogens is 2. The highest BCUT2D eigenvalue weighted by atomic mass is 32.2. The predicted molar refractivity (Wildman–Crippen MR) is 502 cm³/mol. The summed E-state index contributed by atoms with van der Waals surface area (Å²) in [4.78, 5) is 235. The first-order valence-corrected chi connectivity index (χ1v) is 46.5. The molecule has 0 bridgehead atoms. The Kier molecular flexibility index (Phi) is 41.3. The molecule has 3 unspecified atom stereocenters. The average molecular weight is 1900 g/mol. The van der Waals surface area contributed by atoms with E-state index in [0.29, 0.717) is 69.9 Å². The summed E-state index contributed by atoms with van der Waals surface area (Å²) in [7, 11) is 4.12. The maximum absolute atomic E-state index is 15.7. The standard InChI is InChI=1S/C89H134N26O19S/c1-9-11-24-67-80(127)103-58(23-17-31-97-88(93)94)76(123)110-66(75(122)100-42-72(92)119)45-135-46-73(120)102-61(34-49-27-29-52(30-28-49)101-89(95)96)83(130)111(6)48(5)74(121)105-63(38-71(91)118)85(132)114-32-18-26-68(114)81(128)108-64(39-90)78(125)106-60(33-47(3)4)86(133)115-43-53(117)37-70(115)82(129)104-59(35-50-40-98-56-21-15-13-19-54(50)56)77(124)109-65(44-116)79(126)107-62(36-51-41-99-57-22-16-14-20-55(51)57)84(131)113(8)69(25-12-10-2)87(134)112(67)7/h13-16,19-22,27-30,40-41,47-48,53,58-70,80,84,98-99,103,116-117,127,131H,9-12,17-18,23-26,31-39,42-46,90H2,1-8H3,(H2,91,118)(H2,92,119)(H,100,122)(H,102,120)(H,104,129)(H,105,121)(H,106,125)(H,107,126)(H,108,128)(H,109,124)(H,110,123)(H4,93,94,97)(H4,95,96,101)/t48-,53+,58-,59-,60-,61-,62-,63-,64-,65-,66-,67-,68-,69-,70?,80?,84?/m0/s1. The highest BCUT2D eigenvalue weighted by Gasteiger charge is 2.47. The van der Waals surface area contributed by atoms with E-state index in [1.807, 2.05) is 19.9 Å². The van der Waals surface area contributed by atoms with E-state index in [1.54, 1.807) is 80.8 Å². The molecule has 3 aliphatic rings. The Morgan fingerprint density at radius 3 is 1.78 bits per heavy atom. The number of carbonyl (C=O) groups is 15. The Labute approximate surface area is 786 Å². The molecular weight excluding hydrogens is 1770 g/mol. The number of nitrogens with one attached hydrogen (secondary N) is 14. The Morgan fingerprint density at radius 1 is 0.593 bits per heavy atom. The third-order valence-corrected chi connectivity index (χ3v) is 25.2. The zero-order valence-electron chi connectivity index (χ0n) is 77.4. The van der Waals surface area contributed by atoms with Gasteiger partial charge in [0.05, 0.1) is 61.3 Å². The quantitative estimate of drug-likeness (QED) is 0.0140. The summed E-state index contributed by atoms with van der Waals surface area (Å²) in [6, 6.07) is -0.752. The minimum atomic E-state index is -1.84. The van der Waals surface area contributed by atoms with Crippen LogP contribution in [0.15, 0.2) is 90.2 Å². The molecule has 15 amide bonds. The summed E-state index contributed by atoms with van der Waals surface area (Å²) in [6.45, 7) is 5.58. The van der Waals surface area contributed by atoms with Crippen molar-refractivity contribution in [3.8, 4) is 0 Å². The van der Waals surface area contributed by atoms with Crippen LogP contribution in [0.1, 0.15) is 135 Å². The minimum Gasteiger partial charge on any atom is -0.394 e. The number of thioether (sulfide) groups is 1. The highest BCUT2D eigenvalue weighted by molar-refractivity contribution is 8.00. The monoisotopic (exact) mass is 1900 g/mol. The molecule has 135 heavy (non-hydrogen) atoms. The van der Waals surface area contributed by atoms with Gasteiger partial charge in [0.15, 0.2) is 11.9 Å². The number of amides is 15. The van der Waals surface area contributed by atoms with E-state index >= 15 is 28.8 Å². The molecule has 8 rings (SSSR count). The first-order valence-electron chi connectivity index (χ1n) is 45.4. The maximum Gasteiger partial charge on any atom is 0.246 e. The van der Waals surface area contributed by atoms with Crippen LogP contribution in [-0.4, -0.2) is 331 Å². The second-order valence-electron chi connectivity index (χ2n) is 34.8. The molecule has 46 heteroatoms. The van der Waals surface area contributed by atoms with E-state index < -0.39 is 242 Å². The largest absolute Gasteiger partial charge is 0.394 e. The number of likely N-dealkylation sites (N-methyl/N-ethyl adjacent to an activating group) is 3. The lowest BCUT2D eigenvalue weighted by Crippen LogP contribution is -2.63. The second kappa shape index (κ2) is 51.8. The number of aromatic nitrogens is 2. The molecule has 0 radical (unpaired) electrons. The molecule has 30 N–H and O–H groups in total. The van der Waals surface area contributed by atoms with Gasteiger partial charge >= 0.3 is 0 Å². The number of carbonyl (C=O) groups excluding carboxylic acids is 15. The number of nitrogens with two attached hydrogens (primary N) is 6. The van der Waals surface area contributed by atoms with Crippen LogP contribution >= 0.6 is 11.8 Å². The van der Waals surface area contributed by atoms with E-state index in [0.717, 1.165) is 26.5 Å². The molecule has 17 atom stereocenters. The number of aliphatic imine (C=N–C) groups is 1. The molecule has 5 heterocycles. The molecule has 0 saturated carbocycles. The average Bonchev–Trinajstić information content (AvgIpc) is 1.79. The number of aromatic amines is 2. The Bertz CT molecular complexity index is 5000. The maximum atomic E-state index is 15.7. The minimum absolute atomic E-state index is 0.0177. The van der Waals surface area contributed by atoms with Crippen LogP contribution in [0.4, 0.5) is 5.69 Å². The van der Waals surface area contributed by atoms with Gasteiger partial charge in [-0.1, -0.05) is 102 Å². The number of rotatable bonds is 26. The van der Waals surface area contributed by atoms with Gasteiger partial charge in [-0.05, 0) is 112 Å². The normalized spacial score (nSPS) is 26.0. The summed E-state index contributed by atoms with van der Waals surface area (Å²) in [5.41, 5.74) is 37.4. The third kappa shape index (κ3) is 30.7. The van der Waals surface area contributed by atoms with Crippen LogP contribution in [-0.2, 0) is 91.2 Å². The van der Waals surface area contributed by atoms with Crippen molar-refractivity contribution in [1.82, 2.24) is 93.0 Å². The van der Waals surface area contributed by atoms with Crippen molar-refractivity contribution in [2.45, 2.75) is 240 Å². The van der Waals surface area contributed by atoms with Crippen molar-refractivity contribution in [2.24, 2.45) is 45.3 Å². The van der Waals surface area contributed by atoms with E-state index in [1.165, 1.54) is 50.0 Å². The Hall–Kier alpha value is -12.6. The zero-order valence-corrected chi connectivity index (χ0v) is 78.2. The van der Waals surface area contributed by atoms with Crippen molar-refractivity contribution in [2.75, 3.05) is 72.0 Å². The van der Waals surface area contributed by atoms with Crippen LogP contribution in [0.2, 0.25) is 0 Å². The fourth-order valence-electron chi connectivity index (χ4n) is 16.7. The zero-order chi connectivity index (χ0) is 99.2. The fraction of sp³-hybridized carbons (Fsp3) is 0.562. The summed E-state index contributed by atoms with van der Waals surface area (Å²) in [6.07, 6.45) is -1.50. The van der Waals surface area contributed by atoms with Gasteiger partial charge in [-0.25, -0.2) is 4.99 Å². The van der Waals surface area contributed by atoms with Gasteiger partial charge in [0.25, 0.3) is 0 Å². The fourth-order valence-corrected chi connectivity index (χ4v) is 17.6. The summed E-state index contributed by atoms with van der Waals surface area (Å²) in [5, 5.41) is 86.8. The van der Waals surface area contributed by atoms with Crippen LogP contribution < -0.4 is 92.9 Å². The number of fused-ring (bicyclic) bond motifs is 4. The first-order chi connectivity index (χ1) is 64.2. The number of hydrogen-bond acceptors (Lipinski definition) is 25. The lowest BCUT2D eigenvalue weighted by atomic mass is 9.99. The topological polar surface area (TPSA) is 709 Å². The van der Waals surface area contributed by atoms with Gasteiger partial charge in [-0.15, -0.1) is 11.8 Å². The van der Waals surface area contributed by atoms with Crippen molar-refractivity contribution in [1.29, 1.82) is 5.41 Å². The van der Waals surface area contributed by atoms with Gasteiger partial charge in [0.1, 0.15) is 72.9 Å². The van der Waals surface area contributed by atoms with Crippen molar-refractivity contribution in [3.05, 3.63) is 102 Å². The molecule has 2 aromatic heterocycles. The Morgan fingerprint density at radius 2 is 1.17 bits per heavy atom. The third-order valence-electron chi connectivity index (χ3n) is 24.2. The van der Waals surface area contributed by atoms with Crippen LogP contribution in [0.3, 0.4) is 0 Å². The molecule has 0 aliphatic carbocycles. The van der Waals surface area contributed by atoms with E-state index in [2.05, 4.69) is 73.4 Å². The first kappa shape index (κ1) is 108. The molecule has 0 spiro atoms. The van der Waals surface area contributed by atoms with Gasteiger partial charge in [0, 0.05) is 99.5 Å². The number of guanidine groups is 2. The molecule has 740 valence electrons. The van der Waals surface area contributed by atoms with E-state index in [4.69, 9.17) is 39.8 Å². The number of hydrogen-bond donors (Lipinski definition) is 24. The van der Waals surface area contributed by atoms with Crippen LogP contribution in [0, 0.1) is 11.3 Å². The number of aliphatic hydroxyl groups excluding tert-OH is 4. The lowest BCUT2D eigenvalue weighted by molar-refractivity contribution is -0.147. The molecule has 5 aromatic rings. The smallest absolute Gasteiger partial charge is 0.246 e. The number of primary amides is 2. The van der Waals surface area contributed by atoms with E-state index in [9.17, 15) is 63.6 Å². The number of para-hydroxylation sites is 2. The van der Waals surface area contributed by atoms with Crippen LogP contribution in [0.5, 0.6) is 0 Å². The summed E-state index contributed by atoms with van der Waals surface area (Å²) < 4.78 is 0. The summed E-state index contributed by atoms with van der Waals surface area (Å²) in [5.74, 6) is -16.1. The highest BCUT2D eigenvalue weighted by Crippen LogP contribution is 2.29. The van der Waals surface area contributed by atoms with Gasteiger partial charge in [-0.2, -0.15) is 0 Å². The predicted octanol–water partition coefficient (Wildman–Crippen LogP) is -5.15.